The van der Waals surface area contributed by atoms with E-state index < -0.39 is 0 Å². The lowest BCUT2D eigenvalue weighted by Crippen LogP contribution is -2.08. The van der Waals surface area contributed by atoms with Crippen LogP contribution in [-0.2, 0) is 6.42 Å². The van der Waals surface area contributed by atoms with E-state index in [0.717, 1.165) is 30.7 Å². The minimum atomic E-state index is 0.220. The molecule has 17 heavy (non-hydrogen) atoms. The van der Waals surface area contributed by atoms with Crippen molar-refractivity contribution in [2.45, 2.75) is 12.8 Å². The van der Waals surface area contributed by atoms with E-state index in [0.29, 0.717) is 5.89 Å². The lowest BCUT2D eigenvalue weighted by atomic mass is 10.2. The zero-order chi connectivity index (χ0) is 12.1. The van der Waals surface area contributed by atoms with Crippen molar-refractivity contribution in [2.24, 2.45) is 0 Å². The molecule has 1 heterocycles. The Kier molecular flexibility index (Phi) is 3.77. The van der Waals surface area contributed by atoms with Crippen molar-refractivity contribution in [1.82, 2.24) is 10.3 Å². The Balaban J connectivity index is 2.07. The third kappa shape index (κ3) is 3.07. The van der Waals surface area contributed by atoms with Gasteiger partial charge < -0.3 is 14.8 Å². The second-order valence-corrected chi connectivity index (χ2v) is 3.89. The van der Waals surface area contributed by atoms with Crippen LogP contribution >= 0.6 is 0 Å². The van der Waals surface area contributed by atoms with Gasteiger partial charge in [0.1, 0.15) is 11.5 Å². The molecule has 4 nitrogen and oxygen atoms in total. The standard InChI is InChI=1S/C13H16N2O2/c1-14-7-3-6-12-9-15-13(17-12)10-4-2-5-11(16)8-10/h2,4-5,8-9,14,16H,3,6-7H2,1H3. The number of phenolic OH excluding ortho intramolecular Hbond substituents is 1. The van der Waals surface area contributed by atoms with Crippen molar-refractivity contribution >= 4 is 0 Å². The number of aromatic nitrogens is 1. The molecule has 2 rings (SSSR count). The van der Waals surface area contributed by atoms with Crippen LogP contribution in [0.2, 0.25) is 0 Å². The molecule has 0 saturated heterocycles. The lowest BCUT2D eigenvalue weighted by Gasteiger charge is -1.97. The van der Waals surface area contributed by atoms with Crippen molar-refractivity contribution in [2.75, 3.05) is 13.6 Å². The summed E-state index contributed by atoms with van der Waals surface area (Å²) < 4.78 is 5.62. The number of phenols is 1. The van der Waals surface area contributed by atoms with E-state index in [4.69, 9.17) is 4.42 Å². The normalized spacial score (nSPS) is 10.6. The number of aryl methyl sites for hydroxylation is 1. The third-order valence-electron chi connectivity index (χ3n) is 2.50. The maximum Gasteiger partial charge on any atom is 0.226 e. The van der Waals surface area contributed by atoms with Gasteiger partial charge in [-0.2, -0.15) is 0 Å². The average molecular weight is 232 g/mol. The van der Waals surface area contributed by atoms with Gasteiger partial charge in [0.05, 0.1) is 6.20 Å². The second kappa shape index (κ2) is 5.50. The molecule has 0 unspecified atom stereocenters. The Morgan fingerprint density at radius 1 is 1.41 bits per heavy atom. The highest BCUT2D eigenvalue weighted by molar-refractivity contribution is 5.55. The topological polar surface area (TPSA) is 58.3 Å². The first-order chi connectivity index (χ1) is 8.29. The number of rotatable bonds is 5. The molecule has 0 bridgehead atoms. The minimum absolute atomic E-state index is 0.220. The summed E-state index contributed by atoms with van der Waals surface area (Å²) in [6.45, 7) is 0.960. The molecule has 2 aromatic rings. The number of oxazole rings is 1. The third-order valence-corrected chi connectivity index (χ3v) is 2.50. The SMILES string of the molecule is CNCCCc1cnc(-c2cccc(O)c2)o1. The zero-order valence-corrected chi connectivity index (χ0v) is 9.81. The number of nitrogens with one attached hydrogen (secondary N) is 1. The number of hydrogen-bond donors (Lipinski definition) is 2. The van der Waals surface area contributed by atoms with E-state index in [9.17, 15) is 5.11 Å². The first kappa shape index (κ1) is 11.7. The molecule has 0 atom stereocenters. The maximum atomic E-state index is 9.38. The molecule has 0 spiro atoms. The van der Waals surface area contributed by atoms with Gasteiger partial charge in [0.25, 0.3) is 0 Å². The monoisotopic (exact) mass is 232 g/mol. The van der Waals surface area contributed by atoms with Gasteiger partial charge in [-0.1, -0.05) is 6.07 Å². The van der Waals surface area contributed by atoms with Gasteiger partial charge in [0.2, 0.25) is 5.89 Å². The fraction of sp³-hybridized carbons (Fsp3) is 0.308. The Bertz CT molecular complexity index is 480. The van der Waals surface area contributed by atoms with Gasteiger partial charge in [0.15, 0.2) is 0 Å². The fourth-order valence-corrected chi connectivity index (χ4v) is 1.63. The van der Waals surface area contributed by atoms with Crippen LogP contribution in [0.1, 0.15) is 12.2 Å². The van der Waals surface area contributed by atoms with E-state index in [-0.39, 0.29) is 5.75 Å². The van der Waals surface area contributed by atoms with Crippen LogP contribution in [0.3, 0.4) is 0 Å². The van der Waals surface area contributed by atoms with Crippen LogP contribution in [0.4, 0.5) is 0 Å². The molecule has 1 aromatic heterocycles. The zero-order valence-electron chi connectivity index (χ0n) is 9.81. The predicted molar refractivity (Wildman–Crippen MR) is 65.9 cm³/mol. The van der Waals surface area contributed by atoms with Gasteiger partial charge in [-0.05, 0) is 38.2 Å². The highest BCUT2D eigenvalue weighted by Gasteiger charge is 2.06. The lowest BCUT2D eigenvalue weighted by molar-refractivity contribution is 0.474. The molecule has 0 saturated carbocycles. The summed E-state index contributed by atoms with van der Waals surface area (Å²) in [6.07, 6.45) is 3.63. The molecule has 0 aliphatic carbocycles. The number of hydrogen-bond acceptors (Lipinski definition) is 4. The summed E-state index contributed by atoms with van der Waals surface area (Å²) in [5.41, 5.74) is 0.796. The molecule has 90 valence electrons. The van der Waals surface area contributed by atoms with Gasteiger partial charge in [-0.3, -0.25) is 0 Å². The molecule has 0 radical (unpaired) electrons. The maximum absolute atomic E-state index is 9.38. The Morgan fingerprint density at radius 2 is 2.29 bits per heavy atom. The van der Waals surface area contributed by atoms with Crippen molar-refractivity contribution < 1.29 is 9.52 Å². The summed E-state index contributed by atoms with van der Waals surface area (Å²) in [6, 6.07) is 6.90. The van der Waals surface area contributed by atoms with Gasteiger partial charge >= 0.3 is 0 Å². The van der Waals surface area contributed by atoms with Crippen LogP contribution in [0.25, 0.3) is 11.5 Å². The van der Waals surface area contributed by atoms with Crippen LogP contribution in [0.15, 0.2) is 34.9 Å². The van der Waals surface area contributed by atoms with Crippen molar-refractivity contribution in [1.29, 1.82) is 0 Å². The predicted octanol–water partition coefficient (Wildman–Crippen LogP) is 2.20. The van der Waals surface area contributed by atoms with Crippen LogP contribution in [-0.4, -0.2) is 23.7 Å². The van der Waals surface area contributed by atoms with Crippen LogP contribution in [0.5, 0.6) is 5.75 Å². The molecule has 0 aliphatic heterocycles. The molecular formula is C13H16N2O2. The van der Waals surface area contributed by atoms with Crippen LogP contribution < -0.4 is 5.32 Å². The molecule has 4 heteroatoms. The minimum Gasteiger partial charge on any atom is -0.508 e. The first-order valence-electron chi connectivity index (χ1n) is 5.68. The smallest absolute Gasteiger partial charge is 0.226 e. The summed E-state index contributed by atoms with van der Waals surface area (Å²) in [7, 11) is 1.93. The highest BCUT2D eigenvalue weighted by Crippen LogP contribution is 2.23. The van der Waals surface area contributed by atoms with Crippen molar-refractivity contribution in [3.63, 3.8) is 0 Å². The van der Waals surface area contributed by atoms with E-state index >= 15 is 0 Å². The molecule has 0 amide bonds. The second-order valence-electron chi connectivity index (χ2n) is 3.89. The molecule has 0 fully saturated rings. The fourth-order valence-electron chi connectivity index (χ4n) is 1.63. The van der Waals surface area contributed by atoms with Gasteiger partial charge in [-0.25, -0.2) is 4.98 Å². The quantitative estimate of drug-likeness (QED) is 0.776. The summed E-state index contributed by atoms with van der Waals surface area (Å²) in [5.74, 6) is 1.65. The molecule has 1 aromatic carbocycles. The summed E-state index contributed by atoms with van der Waals surface area (Å²) in [4.78, 5) is 4.21. The molecular weight excluding hydrogens is 216 g/mol. The van der Waals surface area contributed by atoms with E-state index in [1.165, 1.54) is 0 Å². The Hall–Kier alpha value is -1.81. The van der Waals surface area contributed by atoms with Crippen LogP contribution in [0, 0.1) is 0 Å². The molecule has 0 aliphatic rings. The largest absolute Gasteiger partial charge is 0.508 e. The van der Waals surface area contributed by atoms with Gasteiger partial charge in [0, 0.05) is 12.0 Å². The first-order valence-corrected chi connectivity index (χ1v) is 5.68. The van der Waals surface area contributed by atoms with E-state index in [1.807, 2.05) is 13.1 Å². The molecule has 2 N–H and O–H groups in total. The number of aromatic hydroxyl groups is 1. The Morgan fingerprint density at radius 3 is 3.06 bits per heavy atom. The number of nitrogens with zero attached hydrogens (tertiary/aromatic N) is 1. The Labute approximate surface area is 100 Å². The van der Waals surface area contributed by atoms with Gasteiger partial charge in [-0.15, -0.1) is 0 Å². The highest BCUT2D eigenvalue weighted by atomic mass is 16.4. The summed E-state index contributed by atoms with van der Waals surface area (Å²) in [5, 5.41) is 12.5. The van der Waals surface area contributed by atoms with Crippen molar-refractivity contribution in [3.8, 4) is 17.2 Å². The summed E-state index contributed by atoms with van der Waals surface area (Å²) >= 11 is 0. The van der Waals surface area contributed by atoms with Crippen molar-refractivity contribution in [3.05, 3.63) is 36.2 Å². The van der Waals surface area contributed by atoms with E-state index in [2.05, 4.69) is 10.3 Å². The number of benzene rings is 1. The average Bonchev–Trinajstić information content (AvgIpc) is 2.78. The van der Waals surface area contributed by atoms with E-state index in [1.54, 1.807) is 24.4 Å².